The predicted molar refractivity (Wildman–Crippen MR) is 99.3 cm³/mol. The van der Waals surface area contributed by atoms with Crippen molar-refractivity contribution in [2.45, 2.75) is 45.4 Å². The highest BCUT2D eigenvalue weighted by molar-refractivity contribution is 6.05. The number of anilines is 1. The summed E-state index contributed by atoms with van der Waals surface area (Å²) in [6.07, 6.45) is 5.42. The van der Waals surface area contributed by atoms with Gasteiger partial charge in [-0.05, 0) is 49.4 Å². The van der Waals surface area contributed by atoms with Gasteiger partial charge in [-0.1, -0.05) is 19.4 Å². The molecule has 132 valence electrons. The normalized spacial score (nSPS) is 19.6. The SMILES string of the molecule is CCCCNCC1CCc2ccc3c(c2C1=O)CCC(=O)N3C.Cl. The molecule has 1 unspecified atom stereocenters. The van der Waals surface area contributed by atoms with E-state index in [-0.39, 0.29) is 30.0 Å². The number of halogens is 1. The van der Waals surface area contributed by atoms with Crippen LogP contribution in [0.25, 0.3) is 0 Å². The number of hydrogen-bond acceptors (Lipinski definition) is 3. The van der Waals surface area contributed by atoms with Gasteiger partial charge in [0.05, 0.1) is 0 Å². The summed E-state index contributed by atoms with van der Waals surface area (Å²) in [6.45, 7) is 3.93. The summed E-state index contributed by atoms with van der Waals surface area (Å²) < 4.78 is 0. The molecule has 2 aliphatic rings. The third-order valence-corrected chi connectivity index (χ3v) is 5.18. The highest BCUT2D eigenvalue weighted by atomic mass is 35.5. The molecule has 0 fully saturated rings. The second kappa shape index (κ2) is 8.13. The number of aryl methyl sites for hydroxylation is 1. The Morgan fingerprint density at radius 3 is 2.75 bits per heavy atom. The van der Waals surface area contributed by atoms with Gasteiger partial charge >= 0.3 is 0 Å². The minimum Gasteiger partial charge on any atom is -0.316 e. The second-order valence-corrected chi connectivity index (χ2v) is 6.71. The predicted octanol–water partition coefficient (Wildman–Crippen LogP) is 3.15. The first-order chi connectivity index (χ1) is 11.1. The highest BCUT2D eigenvalue weighted by Crippen LogP contribution is 2.36. The van der Waals surface area contributed by atoms with Crippen molar-refractivity contribution in [3.63, 3.8) is 0 Å². The van der Waals surface area contributed by atoms with Gasteiger partial charge in [0.25, 0.3) is 0 Å². The number of carbonyl (C=O) groups excluding carboxylic acids is 2. The van der Waals surface area contributed by atoms with Crippen molar-refractivity contribution in [2.24, 2.45) is 5.92 Å². The van der Waals surface area contributed by atoms with E-state index in [1.54, 1.807) is 4.90 Å². The van der Waals surface area contributed by atoms with Crippen molar-refractivity contribution in [3.05, 3.63) is 28.8 Å². The van der Waals surface area contributed by atoms with E-state index in [9.17, 15) is 9.59 Å². The molecule has 1 N–H and O–H groups in total. The van der Waals surface area contributed by atoms with Crippen LogP contribution in [0.3, 0.4) is 0 Å². The Morgan fingerprint density at radius 1 is 1.21 bits per heavy atom. The van der Waals surface area contributed by atoms with Gasteiger partial charge in [0.1, 0.15) is 0 Å². The zero-order valence-corrected chi connectivity index (χ0v) is 15.4. The van der Waals surface area contributed by atoms with Crippen molar-refractivity contribution in [2.75, 3.05) is 25.0 Å². The molecule has 0 radical (unpaired) electrons. The number of amides is 1. The summed E-state index contributed by atoms with van der Waals surface area (Å²) in [5.41, 5.74) is 4.09. The fourth-order valence-electron chi connectivity index (χ4n) is 3.74. The molecular formula is C19H27ClN2O2. The Morgan fingerprint density at radius 2 is 2.00 bits per heavy atom. The second-order valence-electron chi connectivity index (χ2n) is 6.71. The van der Waals surface area contributed by atoms with Gasteiger partial charge < -0.3 is 10.2 Å². The molecule has 1 aromatic carbocycles. The molecule has 1 heterocycles. The Labute approximate surface area is 150 Å². The molecular weight excluding hydrogens is 324 g/mol. The van der Waals surface area contributed by atoms with Gasteiger partial charge in [0.15, 0.2) is 5.78 Å². The minimum atomic E-state index is 0. The number of benzene rings is 1. The first-order valence-corrected chi connectivity index (χ1v) is 8.79. The molecule has 1 atom stereocenters. The number of Topliss-reactive ketones (excluding diaryl/α,β-unsaturated/α-hetero) is 1. The van der Waals surface area contributed by atoms with Crippen molar-refractivity contribution >= 4 is 29.8 Å². The van der Waals surface area contributed by atoms with Crippen molar-refractivity contribution in [1.82, 2.24) is 5.32 Å². The number of nitrogens with one attached hydrogen (secondary N) is 1. The maximum Gasteiger partial charge on any atom is 0.227 e. The lowest BCUT2D eigenvalue weighted by molar-refractivity contribution is -0.118. The van der Waals surface area contributed by atoms with Crippen LogP contribution in [0.2, 0.25) is 0 Å². The van der Waals surface area contributed by atoms with E-state index in [2.05, 4.69) is 12.2 Å². The number of ketones is 1. The summed E-state index contributed by atoms with van der Waals surface area (Å²) >= 11 is 0. The number of fused-ring (bicyclic) bond motifs is 3. The molecule has 3 rings (SSSR count). The molecule has 1 amide bonds. The first kappa shape index (κ1) is 18.9. The smallest absolute Gasteiger partial charge is 0.227 e. The summed E-state index contributed by atoms with van der Waals surface area (Å²) in [6, 6.07) is 4.06. The van der Waals surface area contributed by atoms with Crippen molar-refractivity contribution in [1.29, 1.82) is 0 Å². The zero-order chi connectivity index (χ0) is 16.4. The standard InChI is InChI=1S/C19H26N2O2.ClH/c1-3-4-11-20-12-14-6-5-13-7-9-16-15(18(13)19(14)23)8-10-17(22)21(16)2;/h7,9,14,20H,3-6,8,10-12H2,1-2H3;1H. The van der Waals surface area contributed by atoms with Crippen LogP contribution in [0.4, 0.5) is 5.69 Å². The number of carbonyl (C=O) groups is 2. The van der Waals surface area contributed by atoms with Gasteiger partial charge in [0.2, 0.25) is 5.91 Å². The lowest BCUT2D eigenvalue weighted by Gasteiger charge is -2.32. The van der Waals surface area contributed by atoms with E-state index < -0.39 is 0 Å². The lowest BCUT2D eigenvalue weighted by atomic mass is 9.78. The topological polar surface area (TPSA) is 49.4 Å². The van der Waals surface area contributed by atoms with Crippen LogP contribution in [-0.4, -0.2) is 31.8 Å². The van der Waals surface area contributed by atoms with Gasteiger partial charge in [0, 0.05) is 37.2 Å². The molecule has 0 aromatic heterocycles. The van der Waals surface area contributed by atoms with E-state index in [0.29, 0.717) is 12.8 Å². The molecule has 1 aliphatic carbocycles. The molecule has 24 heavy (non-hydrogen) atoms. The largest absolute Gasteiger partial charge is 0.316 e. The Kier molecular flexibility index (Phi) is 6.41. The molecule has 4 nitrogen and oxygen atoms in total. The maximum atomic E-state index is 13.0. The highest BCUT2D eigenvalue weighted by Gasteiger charge is 2.33. The van der Waals surface area contributed by atoms with Crippen LogP contribution in [0, 0.1) is 5.92 Å². The summed E-state index contributed by atoms with van der Waals surface area (Å²) in [5.74, 6) is 0.488. The number of unbranched alkanes of at least 4 members (excludes halogenated alkanes) is 1. The molecule has 0 saturated heterocycles. The summed E-state index contributed by atoms with van der Waals surface area (Å²) in [7, 11) is 1.81. The fourth-order valence-corrected chi connectivity index (χ4v) is 3.74. The van der Waals surface area contributed by atoms with Crippen molar-refractivity contribution in [3.8, 4) is 0 Å². The van der Waals surface area contributed by atoms with Crippen LogP contribution in [0.1, 0.15) is 54.1 Å². The maximum absolute atomic E-state index is 13.0. The van der Waals surface area contributed by atoms with E-state index in [1.807, 2.05) is 19.2 Å². The average molecular weight is 351 g/mol. The Hall–Kier alpha value is -1.39. The minimum absolute atomic E-state index is 0. The fraction of sp³-hybridized carbons (Fsp3) is 0.579. The Balaban J connectivity index is 0.00000208. The first-order valence-electron chi connectivity index (χ1n) is 8.79. The monoisotopic (exact) mass is 350 g/mol. The van der Waals surface area contributed by atoms with E-state index >= 15 is 0 Å². The van der Waals surface area contributed by atoms with Crippen LogP contribution in [0.5, 0.6) is 0 Å². The van der Waals surface area contributed by atoms with Crippen LogP contribution < -0.4 is 10.2 Å². The van der Waals surface area contributed by atoms with Crippen molar-refractivity contribution < 1.29 is 9.59 Å². The van der Waals surface area contributed by atoms with E-state index in [1.165, 1.54) is 12.0 Å². The molecule has 1 aromatic rings. The molecule has 0 bridgehead atoms. The van der Waals surface area contributed by atoms with E-state index in [4.69, 9.17) is 0 Å². The van der Waals surface area contributed by atoms with Crippen LogP contribution >= 0.6 is 12.4 Å². The average Bonchev–Trinajstić information content (AvgIpc) is 2.56. The van der Waals surface area contributed by atoms with Gasteiger partial charge in [-0.2, -0.15) is 0 Å². The van der Waals surface area contributed by atoms with Gasteiger partial charge in [-0.3, -0.25) is 9.59 Å². The third kappa shape index (κ3) is 3.50. The number of rotatable bonds is 5. The Bertz CT molecular complexity index is 630. The summed E-state index contributed by atoms with van der Waals surface area (Å²) in [4.78, 5) is 26.6. The number of hydrogen-bond donors (Lipinski definition) is 1. The third-order valence-electron chi connectivity index (χ3n) is 5.18. The van der Waals surface area contributed by atoms with Gasteiger partial charge in [-0.25, -0.2) is 0 Å². The van der Waals surface area contributed by atoms with Crippen LogP contribution in [-0.2, 0) is 17.6 Å². The molecule has 0 saturated carbocycles. The summed E-state index contributed by atoms with van der Waals surface area (Å²) in [5, 5.41) is 3.43. The van der Waals surface area contributed by atoms with E-state index in [0.717, 1.165) is 49.2 Å². The lowest BCUT2D eigenvalue weighted by Crippen LogP contribution is -2.36. The molecule has 5 heteroatoms. The quantitative estimate of drug-likeness (QED) is 0.830. The number of nitrogens with zero attached hydrogens (tertiary/aromatic N) is 1. The van der Waals surface area contributed by atoms with Crippen LogP contribution in [0.15, 0.2) is 12.1 Å². The molecule has 1 aliphatic heterocycles. The molecule has 0 spiro atoms. The van der Waals surface area contributed by atoms with Gasteiger partial charge in [-0.15, -0.1) is 12.4 Å². The zero-order valence-electron chi connectivity index (χ0n) is 14.6.